The van der Waals surface area contributed by atoms with Gasteiger partial charge >= 0.3 is 16.4 Å². The van der Waals surface area contributed by atoms with E-state index in [0.717, 1.165) is 27.7 Å². The van der Waals surface area contributed by atoms with Gasteiger partial charge in [-0.05, 0) is 6.92 Å². The average molecular weight is 1470 g/mol. The molecule has 7 fully saturated rings. The Balaban J connectivity index is 1.16. The van der Waals surface area contributed by atoms with Gasteiger partial charge in [0.15, 0.2) is 37.7 Å². The van der Waals surface area contributed by atoms with Gasteiger partial charge in [-0.2, -0.15) is 8.42 Å². The van der Waals surface area contributed by atoms with Crippen LogP contribution in [0, 0.1) is 0 Å². The van der Waals surface area contributed by atoms with Crippen molar-refractivity contribution in [2.75, 3.05) is 39.6 Å². The van der Waals surface area contributed by atoms with Gasteiger partial charge in [-0.15, -0.1) is 0 Å². The fraction of sp³-hybridized carbons (Fsp3) is 0.906. The maximum atomic E-state index is 13.1. The minimum atomic E-state index is -5.22. The minimum Gasteiger partial charge on any atom is -0.477 e. The molecule has 0 saturated carbocycles. The van der Waals surface area contributed by atoms with E-state index in [-0.39, 0.29) is 0 Å². The van der Waals surface area contributed by atoms with Gasteiger partial charge < -0.3 is 180 Å². The zero-order chi connectivity index (χ0) is 73.8. The highest BCUT2D eigenvalue weighted by atomic mass is 32.3. The topological polar surface area (TPSA) is 701 Å². The molecule has 46 heteroatoms. The third-order valence-electron chi connectivity index (χ3n) is 17.3. The van der Waals surface area contributed by atoms with E-state index in [1.807, 2.05) is 0 Å². The predicted molar refractivity (Wildman–Crippen MR) is 304 cm³/mol. The number of aliphatic hydroxyl groups excluding tert-OH is 18. The molecule has 7 aliphatic rings. The lowest BCUT2D eigenvalue weighted by Crippen LogP contribution is -2.72. The molecule has 7 saturated heterocycles. The number of aliphatic carboxylic acids is 1. The second kappa shape index (κ2) is 34.7. The lowest BCUT2D eigenvalue weighted by molar-refractivity contribution is -0.385. The largest absolute Gasteiger partial charge is 0.477 e. The summed E-state index contributed by atoms with van der Waals surface area (Å²) in [6, 6.07) is -7.40. The Morgan fingerprint density at radius 3 is 1.52 bits per heavy atom. The Kier molecular flexibility index (Phi) is 28.8. The highest BCUT2D eigenvalue weighted by molar-refractivity contribution is 7.80. The summed E-state index contributed by atoms with van der Waals surface area (Å²) in [7, 11) is -5.22. The minimum absolute atomic E-state index is 0.853. The normalized spacial score (nSPS) is 45.2. The van der Waals surface area contributed by atoms with E-state index in [2.05, 4.69) is 25.5 Å². The molecule has 7 heterocycles. The van der Waals surface area contributed by atoms with Crippen molar-refractivity contribution >= 4 is 40.0 Å². The molecule has 0 aliphatic carbocycles. The van der Waals surface area contributed by atoms with Crippen molar-refractivity contribution in [2.24, 2.45) is 0 Å². The predicted octanol–water partition coefficient (Wildman–Crippen LogP) is -15.6. The number of carboxylic acids is 1. The first-order valence-electron chi connectivity index (χ1n) is 30.7. The molecule has 99 heavy (non-hydrogen) atoms. The quantitative estimate of drug-likeness (QED) is 0.0340. The molecule has 0 radical (unpaired) electrons. The second-order valence-corrected chi connectivity index (χ2v) is 25.6. The number of carbonyl (C=O) groups is 5. The van der Waals surface area contributed by atoms with Crippen LogP contribution in [0.3, 0.4) is 0 Å². The van der Waals surface area contributed by atoms with Crippen molar-refractivity contribution in [2.45, 2.75) is 261 Å². The third kappa shape index (κ3) is 19.1. The van der Waals surface area contributed by atoms with E-state index in [0.29, 0.717) is 0 Å². The van der Waals surface area contributed by atoms with Gasteiger partial charge in [-0.3, -0.25) is 23.7 Å². The molecule has 0 unspecified atom stereocenters. The van der Waals surface area contributed by atoms with E-state index in [4.69, 9.17) is 61.6 Å². The Morgan fingerprint density at radius 1 is 0.485 bits per heavy atom. The standard InChI is InChI=1S/C53H88N4O41S/c1-13-29(68)35(74)37(76)49(87-13)96-44-28(57-17(5)65)47(90-22(10-61)41(44)94-50-38(77)36(75)31(70)24(92-50)12-86-99(82,83)84)85-11-23-33(72)42(27(46(79)88-23)56-16(4)64)95-48-26(55-15(3)63)34(73)40(21(9-60)91-48)93-51-39(78)45(32(71)20(8-59)89-51)98-53(52(80)81)6-18(66)25(54-14(2)62)43(97-53)30(69)19(67)7-58/h13,18-51,58-61,66-79H,6-12H2,1-5H3,(H,54,62)(H,55,63)(H,56,64)(H,57,65)(H,80,81)(H,82,83,84)/t13-,18-,19+,20+,21+,22+,23+,24+,25+,26+,27+,28+,29+,30+,31-,32-,33-,34+,35+,36-,37-,38+,39+,40+,41+,42+,43+,44+,45-,46+,47+,48-,49-,50-,51-,53-/m0/s1. The summed E-state index contributed by atoms with van der Waals surface area (Å²) in [4.78, 5) is 64.1. The number of amides is 4. The van der Waals surface area contributed by atoms with Crippen LogP contribution in [0.1, 0.15) is 41.0 Å². The summed E-state index contributed by atoms with van der Waals surface area (Å²) in [5.41, 5.74) is 0. The monoisotopic (exact) mass is 1470 g/mol. The molecule has 0 spiro atoms. The molecular weight excluding hydrogens is 1380 g/mol. The molecule has 45 nitrogen and oxygen atoms in total. The number of rotatable bonds is 27. The molecule has 7 aliphatic heterocycles. The molecule has 4 amide bonds. The van der Waals surface area contributed by atoms with Gasteiger partial charge in [0.25, 0.3) is 5.79 Å². The number of ether oxygens (including phenoxy) is 13. The fourth-order valence-corrected chi connectivity index (χ4v) is 12.6. The van der Waals surface area contributed by atoms with Gasteiger partial charge in [-0.1, -0.05) is 0 Å². The SMILES string of the molecule is CC(=O)N[C@@H]1[C@@H](O[C@@H]2O[C@H](CO)[C@@H](O[C@@H]3O[C@H](CO)[C@H](O)[C@H](O[C@]4(C(=O)O)C[C@H](O)[C@@H](NC(C)=O)[C@H]([C@H](O)[C@H](O)CO)O4)[C@H]3O)[C@H](O)[C@H]2NC(C)=O)[C@@H](O)[C@@H](CO[C@@H]2O[C@H](CO)[C@@H](O[C@@H]3O[C@H](COS(=O)(=O)O)[C@H](O)[C@H](O)[C@H]3O)[C@H](O[C@@H]3O[C@@H](C)[C@@H](O)[C@@H](O)[C@@H]3O)[C@H]2NC(C)=O)O[C@H]1O. The van der Waals surface area contributed by atoms with E-state index in [1.165, 1.54) is 6.92 Å². The van der Waals surface area contributed by atoms with Crippen LogP contribution in [0.5, 0.6) is 0 Å². The van der Waals surface area contributed by atoms with Crippen LogP contribution in [-0.2, 0) is 100 Å². The van der Waals surface area contributed by atoms with Crippen molar-refractivity contribution in [1.29, 1.82) is 0 Å². The molecule has 0 aromatic carbocycles. The van der Waals surface area contributed by atoms with E-state index in [9.17, 15) is 134 Å². The molecule has 24 N–H and O–H groups in total. The van der Waals surface area contributed by atoms with Crippen LogP contribution < -0.4 is 21.3 Å². The first-order valence-corrected chi connectivity index (χ1v) is 32.1. The van der Waals surface area contributed by atoms with Crippen LogP contribution in [0.4, 0.5) is 0 Å². The van der Waals surface area contributed by atoms with Gasteiger partial charge in [0.1, 0.15) is 159 Å². The molecule has 7 rings (SSSR count). The van der Waals surface area contributed by atoms with Gasteiger partial charge in [0.05, 0.1) is 57.9 Å². The number of aliphatic hydroxyl groups is 18. The summed E-state index contributed by atoms with van der Waals surface area (Å²) in [5, 5.41) is 218. The smallest absolute Gasteiger partial charge is 0.397 e. The molecule has 0 bridgehead atoms. The van der Waals surface area contributed by atoms with Crippen molar-refractivity contribution in [3.8, 4) is 0 Å². The van der Waals surface area contributed by atoms with E-state index in [1.54, 1.807) is 0 Å². The molecule has 36 atom stereocenters. The number of carbonyl (C=O) groups excluding carboxylic acids is 4. The lowest BCUT2D eigenvalue weighted by Gasteiger charge is -2.51. The van der Waals surface area contributed by atoms with E-state index >= 15 is 0 Å². The number of carboxylic acid groups (broad SMARTS) is 1. The average Bonchev–Trinajstić information content (AvgIpc) is 0.763. The third-order valence-corrected chi connectivity index (χ3v) is 17.7. The molecule has 0 aromatic rings. The second-order valence-electron chi connectivity index (χ2n) is 24.5. The summed E-state index contributed by atoms with van der Waals surface area (Å²) in [6.45, 7) is -1.90. The van der Waals surface area contributed by atoms with Crippen molar-refractivity contribution in [1.82, 2.24) is 21.3 Å². The zero-order valence-corrected chi connectivity index (χ0v) is 53.9. The van der Waals surface area contributed by atoms with Crippen molar-refractivity contribution < 1.29 is 200 Å². The number of nitrogens with one attached hydrogen (secondary N) is 4. The zero-order valence-electron chi connectivity index (χ0n) is 53.1. The lowest BCUT2D eigenvalue weighted by atomic mass is 9.88. The number of hydrogen-bond acceptors (Lipinski definition) is 39. The Morgan fingerprint density at radius 2 is 0.949 bits per heavy atom. The Bertz CT molecular complexity index is 2790. The molecule has 572 valence electrons. The first-order chi connectivity index (χ1) is 46.3. The van der Waals surface area contributed by atoms with E-state index < -0.39 is 306 Å². The van der Waals surface area contributed by atoms with Gasteiger partial charge in [0, 0.05) is 34.1 Å². The van der Waals surface area contributed by atoms with Crippen molar-refractivity contribution in [3.05, 3.63) is 0 Å². The maximum Gasteiger partial charge on any atom is 0.397 e. The summed E-state index contributed by atoms with van der Waals surface area (Å²) < 4.78 is 113. The summed E-state index contributed by atoms with van der Waals surface area (Å²) >= 11 is 0. The van der Waals surface area contributed by atoms with Crippen LogP contribution in [-0.4, -0.2) is 400 Å². The van der Waals surface area contributed by atoms with Crippen LogP contribution in [0.2, 0.25) is 0 Å². The van der Waals surface area contributed by atoms with Crippen molar-refractivity contribution in [3.63, 3.8) is 0 Å². The molecule has 0 aromatic heterocycles. The van der Waals surface area contributed by atoms with Crippen LogP contribution >= 0.6 is 0 Å². The summed E-state index contributed by atoms with van der Waals surface area (Å²) in [6.07, 6.45) is -65.7. The fourth-order valence-electron chi connectivity index (χ4n) is 12.3. The van der Waals surface area contributed by atoms with Gasteiger partial charge in [0.2, 0.25) is 23.6 Å². The van der Waals surface area contributed by atoms with Gasteiger partial charge in [-0.25, -0.2) is 8.98 Å². The van der Waals surface area contributed by atoms with Crippen LogP contribution in [0.15, 0.2) is 0 Å². The number of hydrogen-bond donors (Lipinski definition) is 24. The Labute approximate surface area is 560 Å². The highest BCUT2D eigenvalue weighted by Crippen LogP contribution is 2.41. The first kappa shape index (κ1) is 82.3. The molecular formula is C53H88N4O41S. The Hall–Kier alpha value is -4.02. The van der Waals surface area contributed by atoms with Crippen LogP contribution in [0.25, 0.3) is 0 Å². The highest BCUT2D eigenvalue weighted by Gasteiger charge is 2.62. The maximum absolute atomic E-state index is 13.1. The summed E-state index contributed by atoms with van der Waals surface area (Å²) in [5.74, 6) is -9.04.